The topological polar surface area (TPSA) is 54.0 Å². The Morgan fingerprint density at radius 3 is 2.71 bits per heavy atom. The lowest BCUT2D eigenvalue weighted by Gasteiger charge is -2.11. The molecular weight excluding hydrogens is 286 g/mol. The van der Waals surface area contributed by atoms with Gasteiger partial charge in [-0.15, -0.1) is 0 Å². The Morgan fingerprint density at radius 2 is 2.10 bits per heavy atom. The van der Waals surface area contributed by atoms with Gasteiger partial charge in [-0.2, -0.15) is 0 Å². The normalized spacial score (nSPS) is 35.4. The number of nitrogens with zero attached hydrogens (tertiary/aromatic N) is 1. The van der Waals surface area contributed by atoms with E-state index in [1.807, 2.05) is 6.92 Å². The summed E-state index contributed by atoms with van der Waals surface area (Å²) in [6.07, 6.45) is 5.73. The molecule has 4 atom stereocenters. The van der Waals surface area contributed by atoms with E-state index in [4.69, 9.17) is 11.6 Å². The highest BCUT2D eigenvalue weighted by Gasteiger charge is 2.65. The van der Waals surface area contributed by atoms with Crippen molar-refractivity contribution in [2.75, 3.05) is 11.9 Å². The fourth-order valence-corrected chi connectivity index (χ4v) is 4.85. The molecular formula is C16H20ClN3O. The SMILES string of the molecule is CCNc1ncc(C(=O)NC2C3C4CCC(C4)C23)cc1Cl. The molecule has 0 radical (unpaired) electrons. The van der Waals surface area contributed by atoms with E-state index >= 15 is 0 Å². The molecule has 0 spiro atoms. The Bertz CT molecular complexity index is 575. The number of rotatable bonds is 4. The number of carbonyl (C=O) groups is 1. The highest BCUT2D eigenvalue weighted by molar-refractivity contribution is 6.33. The van der Waals surface area contributed by atoms with Gasteiger partial charge >= 0.3 is 0 Å². The number of aromatic nitrogens is 1. The first-order chi connectivity index (χ1) is 10.2. The summed E-state index contributed by atoms with van der Waals surface area (Å²) in [5.41, 5.74) is 0.555. The summed E-state index contributed by atoms with van der Waals surface area (Å²) in [6.45, 7) is 2.74. The van der Waals surface area contributed by atoms with E-state index in [1.165, 1.54) is 19.3 Å². The van der Waals surface area contributed by atoms with Gasteiger partial charge in [0, 0.05) is 18.8 Å². The van der Waals surface area contributed by atoms with Crippen LogP contribution < -0.4 is 10.6 Å². The van der Waals surface area contributed by atoms with Crippen LogP contribution in [0.15, 0.2) is 12.3 Å². The third-order valence-corrected chi connectivity index (χ3v) is 5.77. The maximum absolute atomic E-state index is 12.4. The van der Waals surface area contributed by atoms with Crippen LogP contribution in [-0.2, 0) is 0 Å². The highest BCUT2D eigenvalue weighted by atomic mass is 35.5. The second-order valence-electron chi connectivity index (χ2n) is 6.57. The van der Waals surface area contributed by atoms with E-state index in [-0.39, 0.29) is 5.91 Å². The van der Waals surface area contributed by atoms with Gasteiger partial charge in [0.15, 0.2) is 0 Å². The fraction of sp³-hybridized carbons (Fsp3) is 0.625. The monoisotopic (exact) mass is 305 g/mol. The summed E-state index contributed by atoms with van der Waals surface area (Å²) < 4.78 is 0. The molecule has 3 fully saturated rings. The molecule has 112 valence electrons. The van der Waals surface area contributed by atoms with Gasteiger partial charge in [0.05, 0.1) is 10.6 Å². The Kier molecular flexibility index (Phi) is 3.10. The number of hydrogen-bond acceptors (Lipinski definition) is 3. The van der Waals surface area contributed by atoms with Crippen LogP contribution in [0.3, 0.4) is 0 Å². The second kappa shape index (κ2) is 4.87. The Morgan fingerprint density at radius 1 is 1.38 bits per heavy atom. The molecule has 21 heavy (non-hydrogen) atoms. The predicted octanol–water partition coefficient (Wildman–Crippen LogP) is 2.94. The molecule has 1 aromatic rings. The fourth-order valence-electron chi connectivity index (χ4n) is 4.61. The zero-order chi connectivity index (χ0) is 14.6. The minimum atomic E-state index is -0.0359. The van der Waals surface area contributed by atoms with Gasteiger partial charge in [-0.05, 0) is 55.9 Å². The van der Waals surface area contributed by atoms with Crippen LogP contribution >= 0.6 is 11.6 Å². The Hall–Kier alpha value is -1.29. The zero-order valence-corrected chi connectivity index (χ0v) is 12.9. The number of fused-ring (bicyclic) bond motifs is 5. The van der Waals surface area contributed by atoms with Crippen LogP contribution in [0.1, 0.15) is 36.5 Å². The maximum Gasteiger partial charge on any atom is 0.253 e. The van der Waals surface area contributed by atoms with Crippen molar-refractivity contribution >= 4 is 23.3 Å². The van der Waals surface area contributed by atoms with Gasteiger partial charge in [-0.25, -0.2) is 4.98 Å². The number of hydrogen-bond donors (Lipinski definition) is 2. The molecule has 0 aromatic carbocycles. The average molecular weight is 306 g/mol. The summed E-state index contributed by atoms with van der Waals surface area (Å²) in [5, 5.41) is 6.77. The van der Waals surface area contributed by atoms with Gasteiger partial charge in [0.2, 0.25) is 0 Å². The number of anilines is 1. The quantitative estimate of drug-likeness (QED) is 0.899. The van der Waals surface area contributed by atoms with Gasteiger partial charge in [0.1, 0.15) is 5.82 Å². The summed E-state index contributed by atoms with van der Waals surface area (Å²) in [7, 11) is 0. The Balaban J connectivity index is 1.43. The molecule has 1 aromatic heterocycles. The lowest BCUT2D eigenvalue weighted by molar-refractivity contribution is 0.0944. The lowest BCUT2D eigenvalue weighted by Crippen LogP contribution is -2.30. The van der Waals surface area contributed by atoms with E-state index in [9.17, 15) is 4.79 Å². The molecule has 1 heterocycles. The maximum atomic E-state index is 12.4. The standard InChI is InChI=1S/C16H20ClN3O/c1-2-18-15-11(17)6-10(7-19-15)16(21)20-14-12-8-3-4-9(5-8)13(12)14/h6-9,12-14H,2-5H2,1H3,(H,18,19)(H,20,21). The highest BCUT2D eigenvalue weighted by Crippen LogP contribution is 2.65. The smallest absolute Gasteiger partial charge is 0.253 e. The third kappa shape index (κ3) is 2.11. The van der Waals surface area contributed by atoms with Crippen molar-refractivity contribution in [3.63, 3.8) is 0 Å². The summed E-state index contributed by atoms with van der Waals surface area (Å²) in [5.74, 6) is 3.82. The van der Waals surface area contributed by atoms with Crippen molar-refractivity contribution in [2.24, 2.45) is 23.7 Å². The van der Waals surface area contributed by atoms with Crippen molar-refractivity contribution in [2.45, 2.75) is 32.2 Å². The molecule has 2 bridgehead atoms. The number of halogens is 1. The lowest BCUT2D eigenvalue weighted by atomic mass is 10.0. The molecule has 3 aliphatic rings. The predicted molar refractivity (Wildman–Crippen MR) is 82.5 cm³/mol. The number of nitrogens with one attached hydrogen (secondary N) is 2. The van der Waals surface area contributed by atoms with Crippen LogP contribution in [0.25, 0.3) is 0 Å². The summed E-state index contributed by atoms with van der Waals surface area (Å²) in [6, 6.07) is 2.10. The zero-order valence-electron chi connectivity index (χ0n) is 12.1. The molecule has 5 heteroatoms. The van der Waals surface area contributed by atoms with Gasteiger partial charge < -0.3 is 10.6 Å². The van der Waals surface area contributed by atoms with E-state index in [0.717, 1.165) is 30.2 Å². The van der Waals surface area contributed by atoms with Crippen LogP contribution in [0.4, 0.5) is 5.82 Å². The largest absolute Gasteiger partial charge is 0.369 e. The van der Waals surface area contributed by atoms with E-state index in [0.29, 0.717) is 22.4 Å². The second-order valence-corrected chi connectivity index (χ2v) is 6.98. The molecule has 1 amide bonds. The number of carbonyl (C=O) groups excluding carboxylic acids is 1. The van der Waals surface area contributed by atoms with Gasteiger partial charge in [-0.1, -0.05) is 11.6 Å². The van der Waals surface area contributed by atoms with Crippen molar-refractivity contribution in [1.29, 1.82) is 0 Å². The molecule has 0 aliphatic heterocycles. The van der Waals surface area contributed by atoms with Crippen LogP contribution in [0.5, 0.6) is 0 Å². The van der Waals surface area contributed by atoms with Crippen molar-refractivity contribution in [3.05, 3.63) is 22.8 Å². The molecule has 0 saturated heterocycles. The van der Waals surface area contributed by atoms with E-state index < -0.39 is 0 Å². The van der Waals surface area contributed by atoms with E-state index in [2.05, 4.69) is 15.6 Å². The van der Waals surface area contributed by atoms with Crippen molar-refractivity contribution in [1.82, 2.24) is 10.3 Å². The van der Waals surface area contributed by atoms with Gasteiger partial charge in [-0.3, -0.25) is 4.79 Å². The van der Waals surface area contributed by atoms with Gasteiger partial charge in [0.25, 0.3) is 5.91 Å². The number of amides is 1. The summed E-state index contributed by atoms with van der Waals surface area (Å²) in [4.78, 5) is 16.6. The molecule has 2 N–H and O–H groups in total. The minimum absolute atomic E-state index is 0.0359. The first-order valence-corrected chi connectivity index (χ1v) is 8.27. The Labute approximate surface area is 129 Å². The molecule has 4 nitrogen and oxygen atoms in total. The van der Waals surface area contributed by atoms with E-state index in [1.54, 1.807) is 12.3 Å². The van der Waals surface area contributed by atoms with Crippen molar-refractivity contribution < 1.29 is 4.79 Å². The molecule has 4 unspecified atom stereocenters. The molecule has 4 rings (SSSR count). The van der Waals surface area contributed by atoms with Crippen LogP contribution in [0, 0.1) is 23.7 Å². The third-order valence-electron chi connectivity index (χ3n) is 5.48. The minimum Gasteiger partial charge on any atom is -0.369 e. The average Bonchev–Trinajstić information content (AvgIpc) is 2.86. The molecule has 3 aliphatic carbocycles. The van der Waals surface area contributed by atoms with Crippen molar-refractivity contribution in [3.8, 4) is 0 Å². The first-order valence-electron chi connectivity index (χ1n) is 7.89. The van der Waals surface area contributed by atoms with Crippen LogP contribution in [-0.4, -0.2) is 23.5 Å². The summed E-state index contributed by atoms with van der Waals surface area (Å²) >= 11 is 6.15. The molecule has 3 saturated carbocycles. The number of pyridine rings is 1. The first kappa shape index (κ1) is 13.4. The van der Waals surface area contributed by atoms with Crippen LogP contribution in [0.2, 0.25) is 5.02 Å².